The minimum atomic E-state index is -0.420. The summed E-state index contributed by atoms with van der Waals surface area (Å²) in [5, 5.41) is 14.1. The van der Waals surface area contributed by atoms with E-state index in [0.717, 1.165) is 12.1 Å². The van der Waals surface area contributed by atoms with Gasteiger partial charge in [-0.3, -0.25) is 14.9 Å². The topological polar surface area (TPSA) is 75.5 Å². The molecule has 0 unspecified atom stereocenters. The van der Waals surface area contributed by atoms with Gasteiger partial charge in [0.2, 0.25) is 5.91 Å². The summed E-state index contributed by atoms with van der Waals surface area (Å²) in [6.45, 7) is 0.716. The smallest absolute Gasteiger partial charge is 0.292 e. The number of nitrogens with zero attached hydrogens (tertiary/aromatic N) is 2. The second kappa shape index (κ2) is 5.85. The lowest BCUT2D eigenvalue weighted by atomic mass is 10.2. The van der Waals surface area contributed by atoms with Crippen LogP contribution in [0.5, 0.6) is 0 Å². The van der Waals surface area contributed by atoms with Crippen molar-refractivity contribution in [3.63, 3.8) is 0 Å². The molecule has 0 spiro atoms. The van der Waals surface area contributed by atoms with Crippen LogP contribution in [0.25, 0.3) is 0 Å². The van der Waals surface area contributed by atoms with Gasteiger partial charge in [0.1, 0.15) is 5.69 Å². The molecule has 1 amide bonds. The lowest BCUT2D eigenvalue weighted by molar-refractivity contribution is -0.383. The van der Waals surface area contributed by atoms with Crippen molar-refractivity contribution in [1.29, 1.82) is 0 Å². The summed E-state index contributed by atoms with van der Waals surface area (Å²) in [7, 11) is 0. The predicted octanol–water partition coefficient (Wildman–Crippen LogP) is 3.47. The fourth-order valence-corrected chi connectivity index (χ4v) is 2.57. The Hall–Kier alpha value is -2.89. The zero-order valence-electron chi connectivity index (χ0n) is 11.9. The van der Waals surface area contributed by atoms with Gasteiger partial charge >= 0.3 is 0 Å². The largest absolute Gasteiger partial charge is 0.350 e. The molecule has 1 fully saturated rings. The Kier molecular flexibility index (Phi) is 3.74. The summed E-state index contributed by atoms with van der Waals surface area (Å²) in [6, 6.07) is 13.8. The van der Waals surface area contributed by atoms with Gasteiger partial charge in [-0.2, -0.15) is 0 Å². The van der Waals surface area contributed by atoms with E-state index in [-0.39, 0.29) is 11.6 Å². The van der Waals surface area contributed by atoms with E-state index < -0.39 is 4.92 Å². The Labute approximate surface area is 127 Å². The van der Waals surface area contributed by atoms with Crippen molar-refractivity contribution >= 4 is 28.7 Å². The fraction of sp³-hybridized carbons (Fsp3) is 0.188. The Morgan fingerprint density at radius 1 is 1.14 bits per heavy atom. The number of benzene rings is 2. The lowest BCUT2D eigenvalue weighted by Crippen LogP contribution is -2.23. The van der Waals surface area contributed by atoms with Crippen molar-refractivity contribution in [3.05, 3.63) is 58.6 Å². The molecule has 3 rings (SSSR count). The molecule has 1 saturated heterocycles. The average molecular weight is 297 g/mol. The maximum atomic E-state index is 11.8. The third-order valence-electron chi connectivity index (χ3n) is 3.61. The van der Waals surface area contributed by atoms with Gasteiger partial charge in [0, 0.05) is 30.4 Å². The molecule has 0 saturated carbocycles. The van der Waals surface area contributed by atoms with Crippen LogP contribution in [0.15, 0.2) is 48.5 Å². The monoisotopic (exact) mass is 297 g/mol. The second-order valence-electron chi connectivity index (χ2n) is 5.10. The molecule has 1 N–H and O–H groups in total. The molecular formula is C16H15N3O3. The number of carbonyl (C=O) groups excluding carboxylic acids is 1. The standard InChI is InChI=1S/C16H15N3O3/c20-16-9-4-10-18(16)13-6-3-5-12(11-13)17-14-7-1-2-8-15(14)19(21)22/h1-3,5-8,11,17H,4,9-10H2. The quantitative estimate of drug-likeness (QED) is 0.692. The molecule has 0 atom stereocenters. The highest BCUT2D eigenvalue weighted by molar-refractivity contribution is 5.95. The molecular weight excluding hydrogens is 282 g/mol. The highest BCUT2D eigenvalue weighted by Crippen LogP contribution is 2.29. The second-order valence-corrected chi connectivity index (χ2v) is 5.10. The van der Waals surface area contributed by atoms with E-state index in [9.17, 15) is 14.9 Å². The van der Waals surface area contributed by atoms with E-state index in [4.69, 9.17) is 0 Å². The molecule has 112 valence electrons. The van der Waals surface area contributed by atoms with Crippen molar-refractivity contribution in [1.82, 2.24) is 0 Å². The molecule has 0 radical (unpaired) electrons. The van der Waals surface area contributed by atoms with E-state index in [2.05, 4.69) is 5.32 Å². The maximum Gasteiger partial charge on any atom is 0.292 e. The number of anilines is 3. The molecule has 0 aromatic heterocycles. The van der Waals surface area contributed by atoms with Crippen molar-refractivity contribution in [2.24, 2.45) is 0 Å². The maximum absolute atomic E-state index is 11.8. The normalized spacial score (nSPS) is 14.2. The van der Waals surface area contributed by atoms with Gasteiger partial charge in [0.15, 0.2) is 0 Å². The number of para-hydroxylation sites is 2. The summed E-state index contributed by atoms with van der Waals surface area (Å²) in [5.74, 6) is 0.114. The Bertz CT molecular complexity index is 730. The van der Waals surface area contributed by atoms with Gasteiger partial charge in [-0.15, -0.1) is 0 Å². The number of carbonyl (C=O) groups is 1. The van der Waals surface area contributed by atoms with Gasteiger partial charge < -0.3 is 10.2 Å². The number of hydrogen-bond donors (Lipinski definition) is 1. The molecule has 2 aromatic rings. The summed E-state index contributed by atoms with van der Waals surface area (Å²) < 4.78 is 0. The first kappa shape index (κ1) is 14.1. The lowest BCUT2D eigenvalue weighted by Gasteiger charge is -2.17. The van der Waals surface area contributed by atoms with Crippen LogP contribution < -0.4 is 10.2 Å². The number of nitrogens with one attached hydrogen (secondary N) is 1. The highest BCUT2D eigenvalue weighted by atomic mass is 16.6. The first-order chi connectivity index (χ1) is 10.6. The molecule has 2 aromatic carbocycles. The molecule has 1 heterocycles. The number of amides is 1. The summed E-state index contributed by atoms with van der Waals surface area (Å²) >= 11 is 0. The van der Waals surface area contributed by atoms with Crippen molar-refractivity contribution in [2.45, 2.75) is 12.8 Å². The van der Waals surface area contributed by atoms with Crippen LogP contribution >= 0.6 is 0 Å². The summed E-state index contributed by atoms with van der Waals surface area (Å²) in [6.07, 6.45) is 1.43. The van der Waals surface area contributed by atoms with E-state index in [0.29, 0.717) is 24.3 Å². The van der Waals surface area contributed by atoms with Crippen LogP contribution in [0.3, 0.4) is 0 Å². The summed E-state index contributed by atoms with van der Waals surface area (Å²) in [5.41, 5.74) is 1.97. The Morgan fingerprint density at radius 3 is 2.68 bits per heavy atom. The SMILES string of the molecule is O=C1CCCN1c1cccc(Nc2ccccc2[N+](=O)[O-])c1. The number of nitro benzene ring substituents is 1. The van der Waals surface area contributed by atoms with Crippen molar-refractivity contribution in [3.8, 4) is 0 Å². The van der Waals surface area contributed by atoms with E-state index >= 15 is 0 Å². The molecule has 1 aliphatic heterocycles. The minimum absolute atomic E-state index is 0.0187. The van der Waals surface area contributed by atoms with Gasteiger partial charge in [0.05, 0.1) is 4.92 Å². The van der Waals surface area contributed by atoms with Crippen LogP contribution in [0.1, 0.15) is 12.8 Å². The van der Waals surface area contributed by atoms with Crippen molar-refractivity contribution < 1.29 is 9.72 Å². The van der Waals surface area contributed by atoms with Gasteiger partial charge in [-0.25, -0.2) is 0 Å². The van der Waals surface area contributed by atoms with Crippen LogP contribution in [-0.2, 0) is 4.79 Å². The number of hydrogen-bond acceptors (Lipinski definition) is 4. The first-order valence-electron chi connectivity index (χ1n) is 7.06. The van der Waals surface area contributed by atoms with Crippen molar-refractivity contribution in [2.75, 3.05) is 16.8 Å². The van der Waals surface area contributed by atoms with Gasteiger partial charge in [-0.1, -0.05) is 18.2 Å². The third kappa shape index (κ3) is 2.76. The summed E-state index contributed by atoms with van der Waals surface area (Å²) in [4.78, 5) is 24.2. The molecule has 6 nitrogen and oxygen atoms in total. The predicted molar refractivity (Wildman–Crippen MR) is 84.4 cm³/mol. The van der Waals surface area contributed by atoms with E-state index in [1.807, 2.05) is 24.3 Å². The first-order valence-corrected chi connectivity index (χ1v) is 7.06. The molecule has 0 aliphatic carbocycles. The van der Waals surface area contributed by atoms with Crippen LogP contribution in [0.4, 0.5) is 22.7 Å². The van der Waals surface area contributed by atoms with E-state index in [1.54, 1.807) is 23.1 Å². The zero-order valence-corrected chi connectivity index (χ0v) is 11.9. The van der Waals surface area contributed by atoms with Gasteiger partial charge in [0.25, 0.3) is 5.69 Å². The average Bonchev–Trinajstić information content (AvgIpc) is 2.94. The third-order valence-corrected chi connectivity index (χ3v) is 3.61. The van der Waals surface area contributed by atoms with E-state index in [1.165, 1.54) is 6.07 Å². The number of nitro groups is 1. The molecule has 1 aliphatic rings. The van der Waals surface area contributed by atoms with Crippen LogP contribution in [0, 0.1) is 10.1 Å². The highest BCUT2D eigenvalue weighted by Gasteiger charge is 2.22. The van der Waals surface area contributed by atoms with Crippen LogP contribution in [-0.4, -0.2) is 17.4 Å². The number of rotatable bonds is 4. The van der Waals surface area contributed by atoms with Crippen LogP contribution in [0.2, 0.25) is 0 Å². The molecule has 0 bridgehead atoms. The fourth-order valence-electron chi connectivity index (χ4n) is 2.57. The molecule has 22 heavy (non-hydrogen) atoms. The zero-order chi connectivity index (χ0) is 15.5. The minimum Gasteiger partial charge on any atom is -0.350 e. The molecule has 6 heteroatoms. The van der Waals surface area contributed by atoms with Gasteiger partial charge in [-0.05, 0) is 30.7 Å². The Morgan fingerprint density at radius 2 is 1.95 bits per heavy atom. The Balaban J connectivity index is 1.87.